The van der Waals surface area contributed by atoms with Crippen molar-refractivity contribution < 1.29 is 9.53 Å². The minimum atomic E-state index is -0.144. The predicted octanol–water partition coefficient (Wildman–Crippen LogP) is 1.79. The second-order valence-corrected chi connectivity index (χ2v) is 5.00. The van der Waals surface area contributed by atoms with Crippen molar-refractivity contribution >= 4 is 11.6 Å². The molecular formula is C14H20N2O2. The molecule has 3 N–H and O–H groups in total. The topological polar surface area (TPSA) is 64.4 Å². The van der Waals surface area contributed by atoms with Gasteiger partial charge in [-0.05, 0) is 29.7 Å². The van der Waals surface area contributed by atoms with Crippen molar-refractivity contribution in [2.24, 2.45) is 17.6 Å². The van der Waals surface area contributed by atoms with Crippen molar-refractivity contribution in [3.05, 3.63) is 23.8 Å². The number of carbonyl (C=O) groups is 1. The Balaban J connectivity index is 2.07. The third kappa shape index (κ3) is 2.64. The van der Waals surface area contributed by atoms with Crippen LogP contribution in [-0.2, 0) is 11.2 Å². The first-order chi connectivity index (χ1) is 8.61. The van der Waals surface area contributed by atoms with E-state index in [0.29, 0.717) is 6.54 Å². The van der Waals surface area contributed by atoms with Crippen molar-refractivity contribution in [2.75, 3.05) is 18.5 Å². The number of hydrogen-bond donors (Lipinski definition) is 2. The summed E-state index contributed by atoms with van der Waals surface area (Å²) in [4.78, 5) is 12.1. The van der Waals surface area contributed by atoms with E-state index < -0.39 is 0 Å². The van der Waals surface area contributed by atoms with Gasteiger partial charge in [0.25, 0.3) is 0 Å². The van der Waals surface area contributed by atoms with E-state index in [1.165, 1.54) is 0 Å². The summed E-state index contributed by atoms with van der Waals surface area (Å²) in [5.74, 6) is 1.01. The summed E-state index contributed by atoms with van der Waals surface area (Å²) < 4.78 is 5.43. The summed E-state index contributed by atoms with van der Waals surface area (Å²) in [5.41, 5.74) is 7.61. The van der Waals surface area contributed by atoms with Gasteiger partial charge in [0, 0.05) is 18.7 Å². The SMILES string of the molecule is CC(C)C(CN)C(=O)Nc1ccc2c(c1)CCO2. The Kier molecular flexibility index (Phi) is 3.87. The molecular weight excluding hydrogens is 228 g/mol. The highest BCUT2D eigenvalue weighted by atomic mass is 16.5. The van der Waals surface area contributed by atoms with Crippen molar-refractivity contribution in [3.8, 4) is 5.75 Å². The van der Waals surface area contributed by atoms with Crippen LogP contribution in [0.4, 0.5) is 5.69 Å². The predicted molar refractivity (Wildman–Crippen MR) is 71.7 cm³/mol. The molecule has 0 fully saturated rings. The van der Waals surface area contributed by atoms with Crippen LogP contribution in [0.5, 0.6) is 5.75 Å². The van der Waals surface area contributed by atoms with Crippen LogP contribution >= 0.6 is 0 Å². The lowest BCUT2D eigenvalue weighted by Crippen LogP contribution is -2.33. The van der Waals surface area contributed by atoms with Gasteiger partial charge in [0.05, 0.1) is 12.5 Å². The van der Waals surface area contributed by atoms with E-state index in [9.17, 15) is 4.79 Å². The average Bonchev–Trinajstić information content (AvgIpc) is 2.76. The number of anilines is 1. The Labute approximate surface area is 108 Å². The number of fused-ring (bicyclic) bond motifs is 1. The first-order valence-electron chi connectivity index (χ1n) is 6.38. The van der Waals surface area contributed by atoms with E-state index in [1.54, 1.807) is 0 Å². The lowest BCUT2D eigenvalue weighted by molar-refractivity contribution is -0.120. The molecule has 1 amide bonds. The molecule has 0 bridgehead atoms. The molecule has 1 atom stereocenters. The number of rotatable bonds is 4. The first kappa shape index (κ1) is 12.9. The Bertz CT molecular complexity index is 443. The molecule has 1 heterocycles. The molecule has 4 nitrogen and oxygen atoms in total. The largest absolute Gasteiger partial charge is 0.493 e. The molecule has 1 aliphatic heterocycles. The molecule has 0 radical (unpaired) electrons. The molecule has 18 heavy (non-hydrogen) atoms. The minimum Gasteiger partial charge on any atom is -0.493 e. The fraction of sp³-hybridized carbons (Fsp3) is 0.500. The van der Waals surface area contributed by atoms with Crippen molar-refractivity contribution in [1.82, 2.24) is 0 Å². The second-order valence-electron chi connectivity index (χ2n) is 5.00. The molecule has 1 aromatic rings. The van der Waals surface area contributed by atoms with Crippen LogP contribution < -0.4 is 15.8 Å². The molecule has 0 saturated heterocycles. The number of carbonyl (C=O) groups excluding carboxylic acids is 1. The van der Waals surface area contributed by atoms with Crippen LogP contribution in [0.1, 0.15) is 19.4 Å². The minimum absolute atomic E-state index is 0.00800. The average molecular weight is 248 g/mol. The Morgan fingerprint density at radius 2 is 2.28 bits per heavy atom. The van der Waals surface area contributed by atoms with Gasteiger partial charge in [-0.1, -0.05) is 13.8 Å². The maximum atomic E-state index is 12.1. The summed E-state index contributed by atoms with van der Waals surface area (Å²) in [6.07, 6.45) is 0.906. The molecule has 1 unspecified atom stereocenters. The van der Waals surface area contributed by atoms with E-state index >= 15 is 0 Å². The third-order valence-corrected chi connectivity index (χ3v) is 3.35. The Hall–Kier alpha value is -1.55. The summed E-state index contributed by atoms with van der Waals surface area (Å²) in [6, 6.07) is 5.76. The molecule has 98 valence electrons. The normalized spacial score (nSPS) is 15.1. The molecule has 1 aromatic carbocycles. The van der Waals surface area contributed by atoms with Gasteiger partial charge in [-0.2, -0.15) is 0 Å². The van der Waals surface area contributed by atoms with Gasteiger partial charge < -0.3 is 15.8 Å². The maximum absolute atomic E-state index is 12.1. The monoisotopic (exact) mass is 248 g/mol. The van der Waals surface area contributed by atoms with Gasteiger partial charge in [-0.25, -0.2) is 0 Å². The van der Waals surface area contributed by atoms with Crippen LogP contribution in [0, 0.1) is 11.8 Å². The lowest BCUT2D eigenvalue weighted by atomic mass is 9.95. The fourth-order valence-corrected chi connectivity index (χ4v) is 2.18. The number of ether oxygens (including phenoxy) is 1. The second kappa shape index (κ2) is 5.40. The molecule has 0 aromatic heterocycles. The van der Waals surface area contributed by atoms with Gasteiger partial charge in [0.15, 0.2) is 0 Å². The number of nitrogens with one attached hydrogen (secondary N) is 1. The molecule has 0 aliphatic carbocycles. The first-order valence-corrected chi connectivity index (χ1v) is 6.38. The lowest BCUT2D eigenvalue weighted by Gasteiger charge is -2.18. The summed E-state index contributed by atoms with van der Waals surface area (Å²) in [7, 11) is 0. The molecule has 0 saturated carbocycles. The third-order valence-electron chi connectivity index (χ3n) is 3.35. The number of nitrogens with two attached hydrogens (primary N) is 1. The van der Waals surface area contributed by atoms with Crippen LogP contribution in [0.25, 0.3) is 0 Å². The molecule has 0 spiro atoms. The number of amides is 1. The van der Waals surface area contributed by atoms with Crippen LogP contribution in [0.15, 0.2) is 18.2 Å². The Morgan fingerprint density at radius 1 is 1.50 bits per heavy atom. The van der Waals surface area contributed by atoms with E-state index in [0.717, 1.165) is 30.0 Å². The number of hydrogen-bond acceptors (Lipinski definition) is 3. The van der Waals surface area contributed by atoms with E-state index in [-0.39, 0.29) is 17.7 Å². The van der Waals surface area contributed by atoms with Crippen molar-refractivity contribution in [2.45, 2.75) is 20.3 Å². The molecule has 1 aliphatic rings. The van der Waals surface area contributed by atoms with Crippen LogP contribution in [0.3, 0.4) is 0 Å². The molecule has 4 heteroatoms. The highest BCUT2D eigenvalue weighted by Gasteiger charge is 2.21. The number of benzene rings is 1. The zero-order valence-electron chi connectivity index (χ0n) is 10.9. The summed E-state index contributed by atoms with van der Waals surface area (Å²) >= 11 is 0. The Morgan fingerprint density at radius 3 is 2.94 bits per heavy atom. The highest BCUT2D eigenvalue weighted by molar-refractivity contribution is 5.93. The zero-order valence-corrected chi connectivity index (χ0v) is 10.9. The highest BCUT2D eigenvalue weighted by Crippen LogP contribution is 2.28. The van der Waals surface area contributed by atoms with Gasteiger partial charge in [0.2, 0.25) is 5.91 Å². The smallest absolute Gasteiger partial charge is 0.229 e. The van der Waals surface area contributed by atoms with E-state index in [1.807, 2.05) is 32.0 Å². The van der Waals surface area contributed by atoms with Crippen LogP contribution in [0.2, 0.25) is 0 Å². The van der Waals surface area contributed by atoms with Gasteiger partial charge in [-0.3, -0.25) is 4.79 Å². The fourth-order valence-electron chi connectivity index (χ4n) is 2.18. The quantitative estimate of drug-likeness (QED) is 0.853. The zero-order chi connectivity index (χ0) is 13.1. The van der Waals surface area contributed by atoms with Crippen molar-refractivity contribution in [1.29, 1.82) is 0 Å². The summed E-state index contributed by atoms with van der Waals surface area (Å²) in [5, 5.41) is 2.93. The van der Waals surface area contributed by atoms with Gasteiger partial charge >= 0.3 is 0 Å². The summed E-state index contributed by atoms with van der Waals surface area (Å²) in [6.45, 7) is 5.11. The van der Waals surface area contributed by atoms with Crippen molar-refractivity contribution in [3.63, 3.8) is 0 Å². The van der Waals surface area contributed by atoms with Gasteiger partial charge in [-0.15, -0.1) is 0 Å². The maximum Gasteiger partial charge on any atom is 0.229 e. The van der Waals surface area contributed by atoms with Gasteiger partial charge in [0.1, 0.15) is 5.75 Å². The molecule has 2 rings (SSSR count). The van der Waals surface area contributed by atoms with E-state index in [2.05, 4.69) is 5.32 Å². The van der Waals surface area contributed by atoms with E-state index in [4.69, 9.17) is 10.5 Å². The van der Waals surface area contributed by atoms with Crippen LogP contribution in [-0.4, -0.2) is 19.1 Å². The standard InChI is InChI=1S/C14H20N2O2/c1-9(2)12(8-15)14(17)16-11-3-4-13-10(7-11)5-6-18-13/h3-4,7,9,12H,5-6,8,15H2,1-2H3,(H,16,17).